The Balaban J connectivity index is 1.91. The molecule has 2 heteroatoms. The van der Waals surface area contributed by atoms with Crippen LogP contribution in [-0.4, -0.2) is 12.6 Å². The fourth-order valence-corrected chi connectivity index (χ4v) is 2.81. The maximum absolute atomic E-state index is 11.9. The molecular formula is C23H30O2. The fourth-order valence-electron chi connectivity index (χ4n) is 2.81. The number of carbonyl (C=O) groups excluding carboxylic acids is 1. The lowest BCUT2D eigenvalue weighted by molar-refractivity contribution is 0.0500. The third kappa shape index (κ3) is 6.38. The number of hydrogen-bond acceptors (Lipinski definition) is 2. The summed E-state index contributed by atoms with van der Waals surface area (Å²) >= 11 is 0. The minimum Gasteiger partial charge on any atom is -0.462 e. The van der Waals surface area contributed by atoms with Crippen LogP contribution in [0.3, 0.4) is 0 Å². The number of rotatable bonds is 10. The molecule has 0 aromatic heterocycles. The minimum absolute atomic E-state index is 0.234. The molecule has 134 valence electrons. The van der Waals surface area contributed by atoms with Crippen molar-refractivity contribution in [1.29, 1.82) is 0 Å². The smallest absolute Gasteiger partial charge is 0.338 e. The number of aryl methyl sites for hydroxylation is 1. The second kappa shape index (κ2) is 10.7. The summed E-state index contributed by atoms with van der Waals surface area (Å²) in [5.74, 6) is -0.234. The molecule has 0 aliphatic carbocycles. The van der Waals surface area contributed by atoms with E-state index in [1.165, 1.54) is 36.8 Å². The van der Waals surface area contributed by atoms with Crippen LogP contribution < -0.4 is 0 Å². The number of hydrogen-bond donors (Lipinski definition) is 0. The molecule has 0 fully saturated rings. The van der Waals surface area contributed by atoms with Gasteiger partial charge in [-0.15, -0.1) is 0 Å². The van der Waals surface area contributed by atoms with E-state index in [-0.39, 0.29) is 5.97 Å². The van der Waals surface area contributed by atoms with Gasteiger partial charge in [0.15, 0.2) is 0 Å². The first kappa shape index (κ1) is 19.2. The van der Waals surface area contributed by atoms with Gasteiger partial charge in [-0.2, -0.15) is 0 Å². The summed E-state index contributed by atoms with van der Waals surface area (Å²) in [4.78, 5) is 11.9. The highest BCUT2D eigenvalue weighted by atomic mass is 16.5. The van der Waals surface area contributed by atoms with Gasteiger partial charge >= 0.3 is 5.97 Å². The molecule has 0 aliphatic rings. The van der Waals surface area contributed by atoms with Gasteiger partial charge in [-0.3, -0.25) is 0 Å². The third-order valence-corrected chi connectivity index (χ3v) is 4.46. The van der Waals surface area contributed by atoms with Gasteiger partial charge in [0.25, 0.3) is 0 Å². The molecule has 2 rings (SSSR count). The Hall–Kier alpha value is -2.09. The van der Waals surface area contributed by atoms with Gasteiger partial charge in [0, 0.05) is 0 Å². The number of esters is 1. The highest BCUT2D eigenvalue weighted by Crippen LogP contribution is 2.21. The lowest BCUT2D eigenvalue weighted by atomic mass is 10.0. The Morgan fingerprint density at radius 1 is 0.760 bits per heavy atom. The number of carbonyl (C=O) groups is 1. The molecule has 0 saturated carbocycles. The maximum atomic E-state index is 11.9. The third-order valence-electron chi connectivity index (χ3n) is 4.46. The Kier molecular flexibility index (Phi) is 8.24. The van der Waals surface area contributed by atoms with Gasteiger partial charge in [0.05, 0.1) is 12.2 Å². The van der Waals surface area contributed by atoms with Crippen LogP contribution in [0.15, 0.2) is 48.5 Å². The quantitative estimate of drug-likeness (QED) is 0.368. The molecule has 0 amide bonds. The molecule has 2 nitrogen and oxygen atoms in total. The van der Waals surface area contributed by atoms with E-state index in [2.05, 4.69) is 38.1 Å². The minimum atomic E-state index is -0.234. The molecule has 2 aromatic carbocycles. The van der Waals surface area contributed by atoms with Crippen molar-refractivity contribution in [2.45, 2.75) is 58.8 Å². The lowest BCUT2D eigenvalue weighted by Crippen LogP contribution is -2.06. The van der Waals surface area contributed by atoms with E-state index in [0.717, 1.165) is 24.8 Å². The summed E-state index contributed by atoms with van der Waals surface area (Å²) in [7, 11) is 0. The molecule has 2 aromatic rings. The summed E-state index contributed by atoms with van der Waals surface area (Å²) < 4.78 is 5.25. The number of unbranched alkanes of at least 4 members (excludes halogenated alkanes) is 4. The Morgan fingerprint density at radius 3 is 1.96 bits per heavy atom. The van der Waals surface area contributed by atoms with Crippen LogP contribution in [0.1, 0.15) is 68.3 Å². The lowest BCUT2D eigenvalue weighted by Gasteiger charge is -2.07. The van der Waals surface area contributed by atoms with Crippen LogP contribution in [0.2, 0.25) is 0 Å². The van der Waals surface area contributed by atoms with Gasteiger partial charge in [0.2, 0.25) is 0 Å². The first-order valence-corrected chi connectivity index (χ1v) is 9.61. The normalized spacial score (nSPS) is 10.6. The summed E-state index contributed by atoms with van der Waals surface area (Å²) in [6, 6.07) is 16.5. The summed E-state index contributed by atoms with van der Waals surface area (Å²) in [6.45, 7) is 4.82. The summed E-state index contributed by atoms with van der Waals surface area (Å²) in [6.07, 6.45) is 8.28. The van der Waals surface area contributed by atoms with E-state index >= 15 is 0 Å². The van der Waals surface area contributed by atoms with Crippen molar-refractivity contribution in [2.24, 2.45) is 0 Å². The zero-order chi connectivity index (χ0) is 17.9. The van der Waals surface area contributed by atoms with Crippen molar-refractivity contribution >= 4 is 5.97 Å². The van der Waals surface area contributed by atoms with Crippen LogP contribution in [-0.2, 0) is 11.2 Å². The van der Waals surface area contributed by atoms with E-state index in [1.54, 1.807) is 0 Å². The predicted molar refractivity (Wildman–Crippen MR) is 105 cm³/mol. The van der Waals surface area contributed by atoms with Gasteiger partial charge < -0.3 is 4.74 Å². The van der Waals surface area contributed by atoms with Crippen LogP contribution in [0.25, 0.3) is 11.1 Å². The molecule has 0 saturated heterocycles. The number of ether oxygens (including phenoxy) is 1. The SMILES string of the molecule is CCCCCCc1ccc(-c2ccc(C(=O)OCCCC)cc2)cc1. The molecule has 0 bridgehead atoms. The molecule has 0 N–H and O–H groups in total. The van der Waals surface area contributed by atoms with Gasteiger partial charge in [0.1, 0.15) is 0 Å². The van der Waals surface area contributed by atoms with Crippen molar-refractivity contribution in [3.8, 4) is 11.1 Å². The van der Waals surface area contributed by atoms with Crippen LogP contribution >= 0.6 is 0 Å². The molecule has 25 heavy (non-hydrogen) atoms. The second-order valence-corrected chi connectivity index (χ2v) is 6.57. The largest absolute Gasteiger partial charge is 0.462 e. The molecule has 0 heterocycles. The standard InChI is InChI=1S/C23H30O2/c1-3-5-7-8-9-19-10-12-20(13-11-19)21-14-16-22(17-15-21)23(24)25-18-6-4-2/h10-17H,3-9,18H2,1-2H3. The van der Waals surface area contributed by atoms with E-state index in [4.69, 9.17) is 4.74 Å². The Bertz CT molecular complexity index is 626. The summed E-state index contributed by atoms with van der Waals surface area (Å²) in [5.41, 5.74) is 4.33. The van der Waals surface area contributed by atoms with Gasteiger partial charge in [-0.25, -0.2) is 4.79 Å². The average Bonchev–Trinajstić information content (AvgIpc) is 2.66. The topological polar surface area (TPSA) is 26.3 Å². The molecule has 0 aliphatic heterocycles. The van der Waals surface area contributed by atoms with Crippen molar-refractivity contribution in [3.63, 3.8) is 0 Å². The maximum Gasteiger partial charge on any atom is 0.338 e. The average molecular weight is 338 g/mol. The fraction of sp³-hybridized carbons (Fsp3) is 0.435. The molecule has 0 unspecified atom stereocenters. The molecule has 0 atom stereocenters. The summed E-state index contributed by atoms with van der Waals surface area (Å²) in [5, 5.41) is 0. The van der Waals surface area contributed by atoms with Crippen molar-refractivity contribution in [3.05, 3.63) is 59.7 Å². The van der Waals surface area contributed by atoms with E-state index < -0.39 is 0 Å². The first-order chi connectivity index (χ1) is 12.2. The highest BCUT2D eigenvalue weighted by molar-refractivity contribution is 5.90. The highest BCUT2D eigenvalue weighted by Gasteiger charge is 2.07. The van der Waals surface area contributed by atoms with Crippen molar-refractivity contribution in [2.75, 3.05) is 6.61 Å². The van der Waals surface area contributed by atoms with Crippen LogP contribution in [0.4, 0.5) is 0 Å². The van der Waals surface area contributed by atoms with E-state index in [0.29, 0.717) is 12.2 Å². The van der Waals surface area contributed by atoms with Gasteiger partial charge in [-0.05, 0) is 48.1 Å². The zero-order valence-corrected chi connectivity index (χ0v) is 15.6. The number of benzene rings is 2. The zero-order valence-electron chi connectivity index (χ0n) is 15.6. The van der Waals surface area contributed by atoms with Crippen molar-refractivity contribution in [1.82, 2.24) is 0 Å². The Morgan fingerprint density at radius 2 is 1.36 bits per heavy atom. The second-order valence-electron chi connectivity index (χ2n) is 6.57. The van der Waals surface area contributed by atoms with E-state index in [1.807, 2.05) is 24.3 Å². The van der Waals surface area contributed by atoms with Gasteiger partial charge in [-0.1, -0.05) is 75.9 Å². The van der Waals surface area contributed by atoms with E-state index in [9.17, 15) is 4.79 Å². The van der Waals surface area contributed by atoms with Crippen LogP contribution in [0, 0.1) is 0 Å². The monoisotopic (exact) mass is 338 g/mol. The van der Waals surface area contributed by atoms with Crippen molar-refractivity contribution < 1.29 is 9.53 Å². The van der Waals surface area contributed by atoms with Crippen LogP contribution in [0.5, 0.6) is 0 Å². The molecular weight excluding hydrogens is 308 g/mol. The molecule has 0 radical (unpaired) electrons. The predicted octanol–water partition coefficient (Wildman–Crippen LogP) is 6.43. The molecule has 0 spiro atoms. The first-order valence-electron chi connectivity index (χ1n) is 9.61. The Labute approximate surface area is 152 Å².